The first-order chi connectivity index (χ1) is 12.6. The largest absolute Gasteiger partial charge is 1.00 e. The van der Waals surface area contributed by atoms with E-state index in [1.807, 2.05) is 38.4 Å². The highest BCUT2D eigenvalue weighted by atomic mass is 35.5. The van der Waals surface area contributed by atoms with Gasteiger partial charge in [0.2, 0.25) is 5.69 Å². The maximum absolute atomic E-state index is 12.9. The minimum absolute atomic E-state index is 0. The molecular formula is C20H20ClN3OS2. The number of thiazole rings is 1. The number of thioether (sulfide) groups is 1. The van der Waals surface area contributed by atoms with E-state index in [0.29, 0.717) is 0 Å². The fraction of sp³-hybridized carbons (Fsp3) is 0.200. The number of hydrogen-bond donors (Lipinski definition) is 0. The second-order valence-electron chi connectivity index (χ2n) is 6.12. The first-order valence-electron chi connectivity index (χ1n) is 8.51. The van der Waals surface area contributed by atoms with Crippen LogP contribution < -0.4 is 36.6 Å². The van der Waals surface area contributed by atoms with Crippen LogP contribution in [0.15, 0.2) is 58.4 Å². The van der Waals surface area contributed by atoms with E-state index >= 15 is 0 Å². The summed E-state index contributed by atoms with van der Waals surface area (Å²) in [7, 11) is 3.87. The van der Waals surface area contributed by atoms with Crippen molar-refractivity contribution in [3.05, 3.63) is 73.9 Å². The monoisotopic (exact) mass is 417 g/mol. The van der Waals surface area contributed by atoms with E-state index in [1.54, 1.807) is 27.7 Å². The van der Waals surface area contributed by atoms with Gasteiger partial charge in [0.15, 0.2) is 6.20 Å². The van der Waals surface area contributed by atoms with E-state index in [1.165, 1.54) is 4.90 Å². The van der Waals surface area contributed by atoms with Crippen LogP contribution in [-0.2, 0) is 13.6 Å². The number of fused-ring (bicyclic) bond motifs is 1. The molecule has 0 spiro atoms. The molecule has 0 radical (unpaired) electrons. The topological polar surface area (TPSA) is 29.1 Å². The lowest BCUT2D eigenvalue weighted by atomic mass is 10.3. The molecule has 140 valence electrons. The third-order valence-corrected chi connectivity index (χ3v) is 7.09. The van der Waals surface area contributed by atoms with Crippen LogP contribution in [0.25, 0.3) is 11.1 Å². The molecule has 0 aliphatic carbocycles. The van der Waals surface area contributed by atoms with Crippen LogP contribution in [0.1, 0.15) is 12.6 Å². The maximum atomic E-state index is 12.9. The second kappa shape index (κ2) is 7.92. The number of nitrogens with zero attached hydrogens (tertiary/aromatic N) is 3. The molecule has 0 amide bonds. The predicted octanol–water partition coefficient (Wildman–Crippen LogP) is -1.11. The normalized spacial score (nSPS) is 15.7. The summed E-state index contributed by atoms with van der Waals surface area (Å²) in [4.78, 5) is 16.2. The molecule has 3 aromatic rings. The van der Waals surface area contributed by atoms with Gasteiger partial charge in [0.25, 0.3) is 5.56 Å². The second-order valence-corrected chi connectivity index (χ2v) is 8.18. The van der Waals surface area contributed by atoms with Crippen molar-refractivity contribution in [2.45, 2.75) is 18.4 Å². The summed E-state index contributed by atoms with van der Waals surface area (Å²) in [6, 6.07) is 14.4. The Labute approximate surface area is 172 Å². The highest BCUT2D eigenvalue weighted by Crippen LogP contribution is 2.44. The quantitative estimate of drug-likeness (QED) is 0.495. The molecule has 3 heterocycles. The van der Waals surface area contributed by atoms with Gasteiger partial charge in [0, 0.05) is 37.2 Å². The summed E-state index contributed by atoms with van der Waals surface area (Å²) in [6.07, 6.45) is 4.15. The number of para-hydroxylation sites is 1. The zero-order valence-corrected chi connectivity index (χ0v) is 17.7. The van der Waals surface area contributed by atoms with Crippen molar-refractivity contribution < 1.29 is 17.0 Å². The third kappa shape index (κ3) is 3.45. The summed E-state index contributed by atoms with van der Waals surface area (Å²) in [5, 5.41) is 1.01. The average molecular weight is 418 g/mol. The predicted molar refractivity (Wildman–Crippen MR) is 109 cm³/mol. The summed E-state index contributed by atoms with van der Waals surface area (Å²) in [5.41, 5.74) is 2.31. The maximum Gasteiger partial charge on any atom is 0.271 e. The Balaban J connectivity index is 0.00000210. The molecule has 1 aromatic carbocycles. The summed E-state index contributed by atoms with van der Waals surface area (Å²) < 4.78 is 5.66. The minimum Gasteiger partial charge on any atom is -1.00 e. The Morgan fingerprint density at radius 3 is 2.59 bits per heavy atom. The molecule has 4 nitrogen and oxygen atoms in total. The fourth-order valence-electron chi connectivity index (χ4n) is 3.07. The summed E-state index contributed by atoms with van der Waals surface area (Å²) >= 11 is 3.22. The van der Waals surface area contributed by atoms with Gasteiger partial charge in [0.05, 0.1) is 5.69 Å². The average Bonchev–Trinajstić information content (AvgIpc) is 3.14. The molecule has 4 rings (SSSR count). The number of halogens is 1. The van der Waals surface area contributed by atoms with Crippen molar-refractivity contribution in [1.82, 2.24) is 4.57 Å². The zero-order chi connectivity index (χ0) is 18.3. The highest BCUT2D eigenvalue weighted by Gasteiger charge is 2.24. The van der Waals surface area contributed by atoms with Gasteiger partial charge in [-0.2, -0.15) is 4.57 Å². The smallest absolute Gasteiger partial charge is 0.271 e. The van der Waals surface area contributed by atoms with E-state index < -0.39 is 0 Å². The Kier molecular flexibility index (Phi) is 5.79. The third-order valence-electron chi connectivity index (χ3n) is 4.56. The van der Waals surface area contributed by atoms with E-state index in [0.717, 1.165) is 32.2 Å². The molecule has 0 saturated carbocycles. The van der Waals surface area contributed by atoms with E-state index in [9.17, 15) is 4.79 Å². The van der Waals surface area contributed by atoms with Crippen LogP contribution in [0.3, 0.4) is 0 Å². The zero-order valence-electron chi connectivity index (χ0n) is 15.3. The van der Waals surface area contributed by atoms with Crippen LogP contribution >= 0.6 is 23.1 Å². The van der Waals surface area contributed by atoms with Gasteiger partial charge >= 0.3 is 0 Å². The molecule has 2 aromatic heterocycles. The molecule has 0 bridgehead atoms. The van der Waals surface area contributed by atoms with Crippen LogP contribution in [0, 0.1) is 0 Å². The highest BCUT2D eigenvalue weighted by molar-refractivity contribution is 8.08. The molecule has 27 heavy (non-hydrogen) atoms. The lowest BCUT2D eigenvalue weighted by Crippen LogP contribution is -3.00. The van der Waals surface area contributed by atoms with Crippen molar-refractivity contribution in [2.24, 2.45) is 7.05 Å². The van der Waals surface area contributed by atoms with Crippen molar-refractivity contribution in [3.8, 4) is 0 Å². The molecule has 0 saturated heterocycles. The standard InChI is InChI=1S/C20H20N3OS2.ClH/c1-4-23-12-8-7-9-14(23)13-17-22(3)19(24)18(26-17)20-21(2)15-10-5-6-11-16(15)25-20;/h5-13H,4H2,1-3H3;1H/q+1;/p-1/b20-18+;. The minimum atomic E-state index is 0. The van der Waals surface area contributed by atoms with Crippen LogP contribution in [0.5, 0.6) is 0 Å². The first kappa shape index (κ1) is 19.7. The number of aromatic nitrogens is 2. The number of pyridine rings is 1. The van der Waals surface area contributed by atoms with Crippen LogP contribution in [0.4, 0.5) is 5.69 Å². The van der Waals surface area contributed by atoms with E-state index in [2.05, 4.69) is 46.9 Å². The molecule has 0 atom stereocenters. The Hall–Kier alpha value is -2.02. The molecule has 0 unspecified atom stereocenters. The van der Waals surface area contributed by atoms with Gasteiger partial charge in [-0.3, -0.25) is 4.79 Å². The molecule has 0 N–H and O–H groups in total. The first-order valence-corrected chi connectivity index (χ1v) is 10.1. The molecular weight excluding hydrogens is 398 g/mol. The summed E-state index contributed by atoms with van der Waals surface area (Å²) in [5.74, 6) is 0. The molecule has 7 heteroatoms. The number of hydrogen-bond acceptors (Lipinski definition) is 4. The van der Waals surface area contributed by atoms with Crippen molar-refractivity contribution in [2.75, 3.05) is 11.9 Å². The number of anilines is 1. The Morgan fingerprint density at radius 1 is 1.11 bits per heavy atom. The number of rotatable bonds is 2. The Bertz CT molecular complexity index is 1170. The van der Waals surface area contributed by atoms with Crippen molar-refractivity contribution in [3.63, 3.8) is 0 Å². The van der Waals surface area contributed by atoms with E-state index in [-0.39, 0.29) is 18.0 Å². The van der Waals surface area contributed by atoms with Crippen LogP contribution in [-0.4, -0.2) is 11.6 Å². The van der Waals surface area contributed by atoms with E-state index in [4.69, 9.17) is 0 Å². The van der Waals surface area contributed by atoms with Crippen molar-refractivity contribution >= 4 is 39.9 Å². The lowest BCUT2D eigenvalue weighted by molar-refractivity contribution is -0.695. The summed E-state index contributed by atoms with van der Waals surface area (Å²) in [6.45, 7) is 3.01. The van der Waals surface area contributed by atoms with Gasteiger partial charge in [-0.25, -0.2) is 0 Å². The van der Waals surface area contributed by atoms with Gasteiger partial charge in [-0.15, -0.1) is 11.3 Å². The van der Waals surface area contributed by atoms with Gasteiger partial charge in [0.1, 0.15) is 20.8 Å². The van der Waals surface area contributed by atoms with Gasteiger partial charge in [-0.05, 0) is 25.1 Å². The van der Waals surface area contributed by atoms with Crippen LogP contribution in [0.2, 0.25) is 0 Å². The fourth-order valence-corrected chi connectivity index (χ4v) is 5.45. The van der Waals surface area contributed by atoms with Crippen molar-refractivity contribution in [1.29, 1.82) is 0 Å². The lowest BCUT2D eigenvalue weighted by Gasteiger charge is -2.11. The molecule has 1 aliphatic rings. The van der Waals surface area contributed by atoms with Gasteiger partial charge in [-0.1, -0.05) is 23.9 Å². The number of aryl methyl sites for hydroxylation is 1. The SMILES string of the molecule is CC[n+]1ccccc1/C=c1\s/c(=C2/Sc3ccccc3N2C)c(=O)n1C.[Cl-]. The number of benzene rings is 1. The van der Waals surface area contributed by atoms with Gasteiger partial charge < -0.3 is 21.9 Å². The molecule has 0 fully saturated rings. The molecule has 1 aliphatic heterocycles. The Morgan fingerprint density at radius 2 is 1.85 bits per heavy atom.